The highest BCUT2D eigenvalue weighted by Gasteiger charge is 2.15. The van der Waals surface area contributed by atoms with E-state index in [1.54, 1.807) is 6.20 Å². The van der Waals surface area contributed by atoms with E-state index in [0.717, 1.165) is 12.1 Å². The standard InChI is InChI=1S/C11H18N2O/c1-3-11(2,12)9-14-8-10-6-4-5-7-13-10/h4-7H,3,8-9,12H2,1-2H3. The van der Waals surface area contributed by atoms with Crippen molar-refractivity contribution in [3.8, 4) is 0 Å². The molecule has 3 nitrogen and oxygen atoms in total. The molecule has 1 aromatic heterocycles. The molecule has 0 aliphatic rings. The summed E-state index contributed by atoms with van der Waals surface area (Å²) in [6.07, 6.45) is 2.68. The van der Waals surface area contributed by atoms with Crippen LogP contribution >= 0.6 is 0 Å². The first kappa shape index (κ1) is 11.1. The van der Waals surface area contributed by atoms with Gasteiger partial charge in [-0.2, -0.15) is 0 Å². The molecule has 2 N–H and O–H groups in total. The van der Waals surface area contributed by atoms with E-state index in [1.165, 1.54) is 0 Å². The third-order valence-electron chi connectivity index (χ3n) is 2.22. The van der Waals surface area contributed by atoms with Gasteiger partial charge in [-0.1, -0.05) is 13.0 Å². The molecule has 1 unspecified atom stereocenters. The molecule has 1 aromatic rings. The highest BCUT2D eigenvalue weighted by atomic mass is 16.5. The molecule has 0 aliphatic carbocycles. The molecule has 0 fully saturated rings. The maximum atomic E-state index is 5.93. The maximum absolute atomic E-state index is 5.93. The number of nitrogens with zero attached hydrogens (tertiary/aromatic N) is 1. The van der Waals surface area contributed by atoms with Crippen molar-refractivity contribution in [2.24, 2.45) is 5.73 Å². The third-order valence-corrected chi connectivity index (χ3v) is 2.22. The fourth-order valence-corrected chi connectivity index (χ4v) is 0.974. The lowest BCUT2D eigenvalue weighted by molar-refractivity contribution is 0.0758. The summed E-state index contributed by atoms with van der Waals surface area (Å²) in [6, 6.07) is 5.79. The minimum absolute atomic E-state index is 0.227. The fourth-order valence-electron chi connectivity index (χ4n) is 0.974. The summed E-state index contributed by atoms with van der Waals surface area (Å²) >= 11 is 0. The summed E-state index contributed by atoms with van der Waals surface area (Å²) in [6.45, 7) is 5.16. The lowest BCUT2D eigenvalue weighted by atomic mass is 10.0. The van der Waals surface area contributed by atoms with Crippen LogP contribution in [-0.4, -0.2) is 17.1 Å². The van der Waals surface area contributed by atoms with E-state index in [-0.39, 0.29) is 5.54 Å². The molecule has 0 radical (unpaired) electrons. The summed E-state index contributed by atoms with van der Waals surface area (Å²) in [5.41, 5.74) is 6.65. The minimum Gasteiger partial charge on any atom is -0.373 e. The van der Waals surface area contributed by atoms with Gasteiger partial charge < -0.3 is 10.5 Å². The average Bonchev–Trinajstić information content (AvgIpc) is 2.19. The predicted molar refractivity (Wildman–Crippen MR) is 56.8 cm³/mol. The Morgan fingerprint density at radius 3 is 2.86 bits per heavy atom. The molecule has 0 aliphatic heterocycles. The summed E-state index contributed by atoms with van der Waals surface area (Å²) in [4.78, 5) is 4.16. The predicted octanol–water partition coefficient (Wildman–Crippen LogP) is 1.73. The Balaban J connectivity index is 2.29. The molecule has 0 amide bonds. The van der Waals surface area contributed by atoms with Crippen LogP contribution in [-0.2, 0) is 11.3 Å². The monoisotopic (exact) mass is 194 g/mol. The van der Waals surface area contributed by atoms with Crippen molar-refractivity contribution in [1.82, 2.24) is 4.98 Å². The first-order chi connectivity index (χ1) is 6.64. The Morgan fingerprint density at radius 2 is 2.29 bits per heavy atom. The zero-order valence-electron chi connectivity index (χ0n) is 8.86. The van der Waals surface area contributed by atoms with Gasteiger partial charge in [-0.25, -0.2) is 0 Å². The van der Waals surface area contributed by atoms with E-state index in [2.05, 4.69) is 11.9 Å². The van der Waals surface area contributed by atoms with E-state index >= 15 is 0 Å². The Morgan fingerprint density at radius 1 is 1.50 bits per heavy atom. The Kier molecular flexibility index (Phi) is 4.04. The Bertz CT molecular complexity index is 259. The smallest absolute Gasteiger partial charge is 0.0888 e. The van der Waals surface area contributed by atoms with Crippen LogP contribution in [0.2, 0.25) is 0 Å². The molecule has 1 heterocycles. The van der Waals surface area contributed by atoms with Crippen LogP contribution in [0.4, 0.5) is 0 Å². The van der Waals surface area contributed by atoms with Gasteiger partial charge in [0, 0.05) is 11.7 Å². The molecule has 3 heteroatoms. The van der Waals surface area contributed by atoms with Gasteiger partial charge in [0.05, 0.1) is 18.9 Å². The molecule has 0 spiro atoms. The molecular weight excluding hydrogens is 176 g/mol. The zero-order chi connectivity index (χ0) is 10.4. The van der Waals surface area contributed by atoms with E-state index in [0.29, 0.717) is 13.2 Å². The van der Waals surface area contributed by atoms with Gasteiger partial charge in [-0.05, 0) is 25.5 Å². The molecular formula is C11H18N2O. The topological polar surface area (TPSA) is 48.1 Å². The molecule has 0 saturated carbocycles. The summed E-state index contributed by atoms with van der Waals surface area (Å²) in [5.74, 6) is 0. The molecule has 0 bridgehead atoms. The van der Waals surface area contributed by atoms with Crippen molar-refractivity contribution in [3.63, 3.8) is 0 Å². The van der Waals surface area contributed by atoms with E-state index in [4.69, 9.17) is 10.5 Å². The van der Waals surface area contributed by atoms with E-state index in [9.17, 15) is 0 Å². The van der Waals surface area contributed by atoms with Crippen molar-refractivity contribution >= 4 is 0 Å². The lowest BCUT2D eigenvalue weighted by Gasteiger charge is -2.22. The van der Waals surface area contributed by atoms with Gasteiger partial charge in [0.1, 0.15) is 0 Å². The van der Waals surface area contributed by atoms with Gasteiger partial charge in [0.15, 0.2) is 0 Å². The van der Waals surface area contributed by atoms with Gasteiger partial charge >= 0.3 is 0 Å². The van der Waals surface area contributed by atoms with Crippen LogP contribution in [0.1, 0.15) is 26.0 Å². The minimum atomic E-state index is -0.227. The molecule has 78 valence electrons. The van der Waals surface area contributed by atoms with Crippen LogP contribution in [0, 0.1) is 0 Å². The quantitative estimate of drug-likeness (QED) is 0.776. The third kappa shape index (κ3) is 3.85. The molecule has 0 saturated heterocycles. The number of hydrogen-bond donors (Lipinski definition) is 1. The van der Waals surface area contributed by atoms with Gasteiger partial charge in [0.25, 0.3) is 0 Å². The maximum Gasteiger partial charge on any atom is 0.0888 e. The average molecular weight is 194 g/mol. The second-order valence-electron chi connectivity index (χ2n) is 3.82. The number of ether oxygens (including phenoxy) is 1. The highest BCUT2D eigenvalue weighted by Crippen LogP contribution is 2.06. The van der Waals surface area contributed by atoms with Crippen LogP contribution in [0.3, 0.4) is 0 Å². The van der Waals surface area contributed by atoms with Crippen molar-refractivity contribution < 1.29 is 4.74 Å². The SMILES string of the molecule is CCC(C)(N)COCc1ccccn1. The molecule has 1 rings (SSSR count). The van der Waals surface area contributed by atoms with Crippen molar-refractivity contribution in [3.05, 3.63) is 30.1 Å². The van der Waals surface area contributed by atoms with E-state index in [1.807, 2.05) is 25.1 Å². The number of pyridine rings is 1. The lowest BCUT2D eigenvalue weighted by Crippen LogP contribution is -2.40. The second kappa shape index (κ2) is 5.08. The second-order valence-corrected chi connectivity index (χ2v) is 3.82. The zero-order valence-corrected chi connectivity index (χ0v) is 8.86. The van der Waals surface area contributed by atoms with Crippen LogP contribution in [0.25, 0.3) is 0 Å². The van der Waals surface area contributed by atoms with Crippen LogP contribution in [0.15, 0.2) is 24.4 Å². The highest BCUT2D eigenvalue weighted by molar-refractivity contribution is 5.01. The molecule has 14 heavy (non-hydrogen) atoms. The Hall–Kier alpha value is -0.930. The first-order valence-electron chi connectivity index (χ1n) is 4.90. The normalized spacial score (nSPS) is 15.1. The van der Waals surface area contributed by atoms with Crippen LogP contribution in [0.5, 0.6) is 0 Å². The van der Waals surface area contributed by atoms with Crippen molar-refractivity contribution in [1.29, 1.82) is 0 Å². The van der Waals surface area contributed by atoms with Crippen molar-refractivity contribution in [2.45, 2.75) is 32.4 Å². The Labute approximate surface area is 85.3 Å². The summed E-state index contributed by atoms with van der Waals surface area (Å²) in [5, 5.41) is 0. The number of nitrogens with two attached hydrogens (primary N) is 1. The molecule has 1 atom stereocenters. The summed E-state index contributed by atoms with van der Waals surface area (Å²) < 4.78 is 5.49. The number of hydrogen-bond acceptors (Lipinski definition) is 3. The number of rotatable bonds is 5. The van der Waals surface area contributed by atoms with Gasteiger partial charge in [-0.15, -0.1) is 0 Å². The van der Waals surface area contributed by atoms with E-state index < -0.39 is 0 Å². The van der Waals surface area contributed by atoms with Gasteiger partial charge in [-0.3, -0.25) is 4.98 Å². The number of aromatic nitrogens is 1. The van der Waals surface area contributed by atoms with Crippen molar-refractivity contribution in [2.75, 3.05) is 6.61 Å². The first-order valence-corrected chi connectivity index (χ1v) is 4.90. The molecule has 0 aromatic carbocycles. The van der Waals surface area contributed by atoms with Crippen LogP contribution < -0.4 is 5.73 Å². The van der Waals surface area contributed by atoms with Gasteiger partial charge in [0.2, 0.25) is 0 Å². The summed E-state index contributed by atoms with van der Waals surface area (Å²) in [7, 11) is 0. The fraction of sp³-hybridized carbons (Fsp3) is 0.545. The largest absolute Gasteiger partial charge is 0.373 e.